The molecule has 0 saturated heterocycles. The van der Waals surface area contributed by atoms with Crippen molar-refractivity contribution in [3.8, 4) is 0 Å². The number of rotatable bonds is 5. The van der Waals surface area contributed by atoms with E-state index in [1.807, 2.05) is 13.8 Å². The Morgan fingerprint density at radius 1 is 1.55 bits per heavy atom. The number of nitrogen functional groups attached to an aromatic ring is 1. The molecule has 0 saturated carbocycles. The summed E-state index contributed by atoms with van der Waals surface area (Å²) in [6.45, 7) is 4.25. The number of hydrogen-bond acceptors (Lipinski definition) is 5. The Morgan fingerprint density at radius 3 is 2.60 bits per heavy atom. The lowest BCUT2D eigenvalue weighted by atomic mass is 10.1. The summed E-state index contributed by atoms with van der Waals surface area (Å²) in [4.78, 5) is 23.7. The first-order valence-electron chi connectivity index (χ1n) is 5.98. The highest BCUT2D eigenvalue weighted by molar-refractivity contribution is 5.99. The molecule has 1 rings (SSSR count). The zero-order chi connectivity index (χ0) is 15.4. The minimum atomic E-state index is -0.887. The highest BCUT2D eigenvalue weighted by Crippen LogP contribution is 2.26. The largest absolute Gasteiger partial charge is 0.341 e. The second-order valence-corrected chi connectivity index (χ2v) is 4.83. The molecular formula is C12H17FN4O3. The Labute approximate surface area is 115 Å². The van der Waals surface area contributed by atoms with Gasteiger partial charge >= 0.3 is 0 Å². The summed E-state index contributed by atoms with van der Waals surface area (Å²) in [6, 6.07) is 1.73. The molecular weight excluding hydrogens is 267 g/mol. The van der Waals surface area contributed by atoms with Gasteiger partial charge in [-0.25, -0.2) is 4.39 Å². The Morgan fingerprint density at radius 2 is 2.15 bits per heavy atom. The number of benzene rings is 1. The van der Waals surface area contributed by atoms with Crippen LogP contribution in [-0.2, 0) is 0 Å². The van der Waals surface area contributed by atoms with Crippen LogP contribution in [-0.4, -0.2) is 29.3 Å². The first kappa shape index (κ1) is 15.8. The SMILES string of the molecule is CC(C)CN(C)C(=O)c1cc(NN)c(F)cc1[N+](=O)[O-]. The third-order valence-electron chi connectivity index (χ3n) is 2.65. The fourth-order valence-corrected chi connectivity index (χ4v) is 1.83. The molecule has 0 aliphatic heterocycles. The molecule has 0 atom stereocenters. The highest BCUT2D eigenvalue weighted by atomic mass is 19.1. The second-order valence-electron chi connectivity index (χ2n) is 4.83. The lowest BCUT2D eigenvalue weighted by molar-refractivity contribution is -0.385. The van der Waals surface area contributed by atoms with Crippen molar-refractivity contribution in [2.45, 2.75) is 13.8 Å². The van der Waals surface area contributed by atoms with Crippen molar-refractivity contribution < 1.29 is 14.1 Å². The highest BCUT2D eigenvalue weighted by Gasteiger charge is 2.26. The van der Waals surface area contributed by atoms with Crippen molar-refractivity contribution >= 4 is 17.3 Å². The van der Waals surface area contributed by atoms with Gasteiger partial charge in [-0.1, -0.05) is 13.8 Å². The zero-order valence-corrected chi connectivity index (χ0v) is 11.5. The van der Waals surface area contributed by atoms with Gasteiger partial charge in [-0.05, 0) is 12.0 Å². The van der Waals surface area contributed by atoms with Crippen LogP contribution >= 0.6 is 0 Å². The molecule has 0 fully saturated rings. The molecule has 0 aromatic heterocycles. The van der Waals surface area contributed by atoms with Crippen LogP contribution in [0.15, 0.2) is 12.1 Å². The fourth-order valence-electron chi connectivity index (χ4n) is 1.83. The van der Waals surface area contributed by atoms with Gasteiger partial charge < -0.3 is 10.3 Å². The summed E-state index contributed by atoms with van der Waals surface area (Å²) in [5.41, 5.74) is 1.12. The number of halogens is 1. The predicted molar refractivity (Wildman–Crippen MR) is 72.7 cm³/mol. The molecule has 0 radical (unpaired) electrons. The number of carbonyl (C=O) groups excluding carboxylic acids is 1. The molecule has 0 aliphatic carbocycles. The number of nitro groups is 1. The number of nitrogens with zero attached hydrogens (tertiary/aromatic N) is 2. The monoisotopic (exact) mass is 284 g/mol. The minimum Gasteiger partial charge on any atom is -0.341 e. The van der Waals surface area contributed by atoms with Gasteiger partial charge in [0, 0.05) is 13.6 Å². The van der Waals surface area contributed by atoms with Gasteiger partial charge in [0.25, 0.3) is 11.6 Å². The van der Waals surface area contributed by atoms with Gasteiger partial charge in [-0.3, -0.25) is 20.8 Å². The Balaban J connectivity index is 3.27. The van der Waals surface area contributed by atoms with Crippen molar-refractivity contribution in [3.05, 3.63) is 33.6 Å². The number of hydrogen-bond donors (Lipinski definition) is 2. The van der Waals surface area contributed by atoms with Gasteiger partial charge in [-0.2, -0.15) is 0 Å². The van der Waals surface area contributed by atoms with Crippen LogP contribution in [0.3, 0.4) is 0 Å². The lowest BCUT2D eigenvalue weighted by Crippen LogP contribution is -2.31. The predicted octanol–water partition coefficient (Wildman–Crippen LogP) is 1.75. The first-order valence-corrected chi connectivity index (χ1v) is 5.98. The number of carbonyl (C=O) groups is 1. The molecule has 0 spiro atoms. The molecule has 0 unspecified atom stereocenters. The van der Waals surface area contributed by atoms with Gasteiger partial charge in [0.1, 0.15) is 5.56 Å². The molecule has 0 bridgehead atoms. The van der Waals surface area contributed by atoms with Crippen molar-refractivity contribution in [3.63, 3.8) is 0 Å². The van der Waals surface area contributed by atoms with Gasteiger partial charge in [0.05, 0.1) is 16.7 Å². The van der Waals surface area contributed by atoms with Crippen LogP contribution < -0.4 is 11.3 Å². The van der Waals surface area contributed by atoms with E-state index in [2.05, 4.69) is 5.43 Å². The molecule has 110 valence electrons. The average molecular weight is 284 g/mol. The third-order valence-corrected chi connectivity index (χ3v) is 2.65. The number of amides is 1. The molecule has 1 aromatic rings. The van der Waals surface area contributed by atoms with E-state index >= 15 is 0 Å². The quantitative estimate of drug-likeness (QED) is 0.487. The van der Waals surface area contributed by atoms with E-state index in [4.69, 9.17) is 5.84 Å². The summed E-state index contributed by atoms with van der Waals surface area (Å²) < 4.78 is 13.5. The van der Waals surface area contributed by atoms with E-state index in [9.17, 15) is 19.3 Å². The minimum absolute atomic E-state index is 0.170. The Hall–Kier alpha value is -2.22. The molecule has 1 aromatic carbocycles. The lowest BCUT2D eigenvalue weighted by Gasteiger charge is -2.19. The maximum Gasteiger partial charge on any atom is 0.285 e. The number of hydrazine groups is 1. The maximum atomic E-state index is 13.5. The molecule has 0 aliphatic rings. The Bertz CT molecular complexity index is 534. The Kier molecular flexibility index (Phi) is 4.98. The van der Waals surface area contributed by atoms with Gasteiger partial charge in [-0.15, -0.1) is 0 Å². The van der Waals surface area contributed by atoms with E-state index in [0.29, 0.717) is 12.6 Å². The van der Waals surface area contributed by atoms with Crippen molar-refractivity contribution in [1.29, 1.82) is 0 Å². The molecule has 0 heterocycles. The number of nitro benzene ring substituents is 1. The van der Waals surface area contributed by atoms with Gasteiger partial charge in [0.2, 0.25) is 0 Å². The van der Waals surface area contributed by atoms with Crippen molar-refractivity contribution in [1.82, 2.24) is 4.90 Å². The van der Waals surface area contributed by atoms with E-state index in [0.717, 1.165) is 6.07 Å². The fraction of sp³-hybridized carbons (Fsp3) is 0.417. The third kappa shape index (κ3) is 3.41. The number of nitrogens with one attached hydrogen (secondary N) is 1. The summed E-state index contributed by atoms with van der Waals surface area (Å²) >= 11 is 0. The average Bonchev–Trinajstić information content (AvgIpc) is 2.36. The van der Waals surface area contributed by atoms with Crippen LogP contribution in [0.4, 0.5) is 15.8 Å². The number of anilines is 1. The van der Waals surface area contributed by atoms with E-state index in [1.165, 1.54) is 11.9 Å². The summed E-state index contributed by atoms with van der Waals surface area (Å²) in [5, 5.41) is 10.9. The maximum absolute atomic E-state index is 13.5. The van der Waals surface area contributed by atoms with E-state index in [-0.39, 0.29) is 17.2 Å². The van der Waals surface area contributed by atoms with Crippen LogP contribution in [0.1, 0.15) is 24.2 Å². The standard InChI is InChI=1S/C12H17FN4O3/c1-7(2)6-16(3)12(18)8-4-10(15-14)9(13)5-11(8)17(19)20/h4-5,7,15H,6,14H2,1-3H3. The zero-order valence-electron chi connectivity index (χ0n) is 11.5. The van der Waals surface area contributed by atoms with Crippen LogP contribution in [0, 0.1) is 21.8 Å². The summed E-state index contributed by atoms with van der Waals surface area (Å²) in [5.74, 6) is 3.88. The van der Waals surface area contributed by atoms with Crippen LogP contribution in [0.2, 0.25) is 0 Å². The molecule has 7 nitrogen and oxygen atoms in total. The van der Waals surface area contributed by atoms with Crippen LogP contribution in [0.25, 0.3) is 0 Å². The van der Waals surface area contributed by atoms with E-state index < -0.39 is 22.3 Å². The smallest absolute Gasteiger partial charge is 0.285 e. The number of nitrogens with two attached hydrogens (primary N) is 1. The molecule has 20 heavy (non-hydrogen) atoms. The molecule has 1 amide bonds. The topological polar surface area (TPSA) is 102 Å². The molecule has 8 heteroatoms. The van der Waals surface area contributed by atoms with Gasteiger partial charge in [0.15, 0.2) is 5.82 Å². The first-order chi connectivity index (χ1) is 9.27. The molecule has 3 N–H and O–H groups in total. The summed E-state index contributed by atoms with van der Waals surface area (Å²) in [6.07, 6.45) is 0. The van der Waals surface area contributed by atoms with Crippen LogP contribution in [0.5, 0.6) is 0 Å². The second kappa shape index (κ2) is 6.29. The van der Waals surface area contributed by atoms with Crippen molar-refractivity contribution in [2.75, 3.05) is 19.0 Å². The van der Waals surface area contributed by atoms with Crippen molar-refractivity contribution in [2.24, 2.45) is 11.8 Å². The summed E-state index contributed by atoms with van der Waals surface area (Å²) in [7, 11) is 1.53. The van der Waals surface area contributed by atoms with E-state index in [1.54, 1.807) is 0 Å². The normalized spacial score (nSPS) is 10.5.